The van der Waals surface area contributed by atoms with Gasteiger partial charge in [-0.1, -0.05) is 0 Å². The molecular weight excluding hydrogens is 294 g/mol. The first-order valence-corrected chi connectivity index (χ1v) is 8.45. The summed E-state index contributed by atoms with van der Waals surface area (Å²) in [6, 6.07) is 0.282. The third-order valence-electron chi connectivity index (χ3n) is 4.90. The van der Waals surface area contributed by atoms with E-state index in [1.807, 2.05) is 21.1 Å². The Kier molecular flexibility index (Phi) is 4.96. The summed E-state index contributed by atoms with van der Waals surface area (Å²) in [5.41, 5.74) is 0. The van der Waals surface area contributed by atoms with Gasteiger partial charge in [-0.3, -0.25) is 4.79 Å². The van der Waals surface area contributed by atoms with Crippen molar-refractivity contribution < 1.29 is 9.53 Å². The highest BCUT2D eigenvalue weighted by atomic mass is 16.5. The second kappa shape index (κ2) is 6.97. The highest BCUT2D eigenvalue weighted by molar-refractivity contribution is 5.79. The van der Waals surface area contributed by atoms with Crippen LogP contribution in [0.5, 0.6) is 0 Å². The van der Waals surface area contributed by atoms with E-state index in [1.165, 1.54) is 0 Å². The number of nitrogens with zero attached hydrogens (tertiary/aromatic N) is 4. The largest absolute Gasteiger partial charge is 0.381 e. The molecule has 0 unspecified atom stereocenters. The Labute approximate surface area is 137 Å². The van der Waals surface area contributed by atoms with Gasteiger partial charge in [0, 0.05) is 38.1 Å². The maximum atomic E-state index is 12.2. The summed E-state index contributed by atoms with van der Waals surface area (Å²) in [6.07, 6.45) is 3.62. The van der Waals surface area contributed by atoms with Gasteiger partial charge in [0.15, 0.2) is 0 Å². The van der Waals surface area contributed by atoms with Gasteiger partial charge in [0.05, 0.1) is 6.54 Å². The molecule has 1 aliphatic carbocycles. The van der Waals surface area contributed by atoms with Gasteiger partial charge in [0.1, 0.15) is 11.6 Å². The van der Waals surface area contributed by atoms with E-state index in [-0.39, 0.29) is 17.9 Å². The van der Waals surface area contributed by atoms with E-state index in [1.54, 1.807) is 0 Å². The van der Waals surface area contributed by atoms with E-state index >= 15 is 0 Å². The molecule has 1 aliphatic heterocycles. The van der Waals surface area contributed by atoms with Gasteiger partial charge in [0.25, 0.3) is 0 Å². The maximum Gasteiger partial charge on any atom is 0.223 e. The van der Waals surface area contributed by atoms with Crippen molar-refractivity contribution in [2.24, 2.45) is 13.0 Å². The van der Waals surface area contributed by atoms with Crippen molar-refractivity contribution in [2.75, 3.05) is 27.3 Å². The molecule has 0 aromatic carbocycles. The molecule has 23 heavy (non-hydrogen) atoms. The van der Waals surface area contributed by atoms with E-state index < -0.39 is 0 Å². The van der Waals surface area contributed by atoms with Crippen molar-refractivity contribution in [2.45, 2.75) is 44.2 Å². The summed E-state index contributed by atoms with van der Waals surface area (Å²) in [7, 11) is 6.08. The third kappa shape index (κ3) is 3.72. The van der Waals surface area contributed by atoms with Crippen LogP contribution in [0.15, 0.2) is 0 Å². The van der Waals surface area contributed by atoms with Crippen LogP contribution in [0.4, 0.5) is 0 Å². The van der Waals surface area contributed by atoms with Crippen LogP contribution in [0.1, 0.15) is 43.3 Å². The number of hydrogen-bond acceptors (Lipinski definition) is 5. The standard InChI is InChI=1S/C16H27N5O2/c1-20(2)10-14-18-19-15(21(14)3)12-8-13(9-12)17-16(22)11-4-6-23-7-5-11/h11-13H,4-10H2,1-3H3,(H,17,22). The van der Waals surface area contributed by atoms with E-state index in [0.29, 0.717) is 19.1 Å². The molecule has 7 heteroatoms. The first kappa shape index (κ1) is 16.4. The van der Waals surface area contributed by atoms with Gasteiger partial charge in [-0.05, 0) is 39.8 Å². The van der Waals surface area contributed by atoms with Crippen LogP contribution in [0.25, 0.3) is 0 Å². The Morgan fingerprint density at radius 2 is 2.00 bits per heavy atom. The van der Waals surface area contributed by atoms with Gasteiger partial charge in [-0.25, -0.2) is 0 Å². The van der Waals surface area contributed by atoms with Gasteiger partial charge >= 0.3 is 0 Å². The second-order valence-corrected chi connectivity index (χ2v) is 7.03. The SMILES string of the molecule is CN(C)Cc1nnc(C2CC(NC(=O)C3CCOCC3)C2)n1C. The smallest absolute Gasteiger partial charge is 0.223 e. The fraction of sp³-hybridized carbons (Fsp3) is 0.812. The van der Waals surface area contributed by atoms with Crippen LogP contribution in [0.2, 0.25) is 0 Å². The lowest BCUT2D eigenvalue weighted by molar-refractivity contribution is -0.129. The highest BCUT2D eigenvalue weighted by Gasteiger charge is 2.36. The van der Waals surface area contributed by atoms with E-state index in [2.05, 4.69) is 25.0 Å². The molecule has 0 bridgehead atoms. The zero-order chi connectivity index (χ0) is 16.4. The van der Waals surface area contributed by atoms with E-state index in [0.717, 1.165) is 43.9 Å². The Morgan fingerprint density at radius 1 is 1.30 bits per heavy atom. The van der Waals surface area contributed by atoms with Crippen molar-refractivity contribution in [1.82, 2.24) is 25.0 Å². The van der Waals surface area contributed by atoms with Crippen molar-refractivity contribution in [3.05, 3.63) is 11.6 Å². The van der Waals surface area contributed by atoms with Gasteiger partial charge < -0.3 is 19.5 Å². The zero-order valence-electron chi connectivity index (χ0n) is 14.3. The Hall–Kier alpha value is -1.47. The first-order valence-electron chi connectivity index (χ1n) is 8.45. The Balaban J connectivity index is 1.49. The molecule has 1 saturated carbocycles. The Morgan fingerprint density at radius 3 is 2.65 bits per heavy atom. The molecule has 0 radical (unpaired) electrons. The van der Waals surface area contributed by atoms with E-state index in [4.69, 9.17) is 4.74 Å². The van der Waals surface area contributed by atoms with Crippen LogP contribution in [-0.2, 0) is 23.1 Å². The van der Waals surface area contributed by atoms with E-state index in [9.17, 15) is 4.79 Å². The topological polar surface area (TPSA) is 72.3 Å². The molecule has 0 atom stereocenters. The molecule has 2 fully saturated rings. The summed E-state index contributed by atoms with van der Waals surface area (Å²) in [5.74, 6) is 2.76. The second-order valence-electron chi connectivity index (χ2n) is 7.03. The number of aromatic nitrogens is 3. The first-order chi connectivity index (χ1) is 11.0. The molecule has 2 aliphatic rings. The summed E-state index contributed by atoms with van der Waals surface area (Å²) in [5, 5.41) is 11.8. The minimum absolute atomic E-state index is 0.129. The Bertz CT molecular complexity index is 545. The maximum absolute atomic E-state index is 12.2. The lowest BCUT2D eigenvalue weighted by Crippen LogP contribution is -2.47. The van der Waals surface area contributed by atoms with Crippen molar-refractivity contribution >= 4 is 5.91 Å². The fourth-order valence-electron chi connectivity index (χ4n) is 3.38. The van der Waals surface area contributed by atoms with Gasteiger partial charge in [-0.2, -0.15) is 0 Å². The van der Waals surface area contributed by atoms with Gasteiger partial charge in [0.2, 0.25) is 5.91 Å². The highest BCUT2D eigenvalue weighted by Crippen LogP contribution is 2.36. The molecule has 1 amide bonds. The average Bonchev–Trinajstić information content (AvgIpc) is 2.83. The van der Waals surface area contributed by atoms with Gasteiger partial charge in [-0.15, -0.1) is 10.2 Å². The van der Waals surface area contributed by atoms with Crippen LogP contribution in [0.3, 0.4) is 0 Å². The molecule has 7 nitrogen and oxygen atoms in total. The number of rotatable bonds is 5. The minimum atomic E-state index is 0.129. The molecule has 1 N–H and O–H groups in total. The number of ether oxygens (including phenoxy) is 1. The molecular formula is C16H27N5O2. The van der Waals surface area contributed by atoms with Crippen LogP contribution >= 0.6 is 0 Å². The fourth-order valence-corrected chi connectivity index (χ4v) is 3.38. The minimum Gasteiger partial charge on any atom is -0.381 e. The monoisotopic (exact) mass is 321 g/mol. The normalized spacial score (nSPS) is 25.4. The zero-order valence-corrected chi connectivity index (χ0v) is 14.3. The third-order valence-corrected chi connectivity index (χ3v) is 4.90. The predicted octanol–water partition coefficient (Wildman–Crippen LogP) is 0.666. The van der Waals surface area contributed by atoms with Crippen LogP contribution in [0, 0.1) is 5.92 Å². The summed E-state index contributed by atoms with van der Waals surface area (Å²) < 4.78 is 7.41. The quantitative estimate of drug-likeness (QED) is 0.863. The number of carbonyl (C=O) groups is 1. The average molecular weight is 321 g/mol. The lowest BCUT2D eigenvalue weighted by atomic mass is 9.79. The number of nitrogens with one attached hydrogen (secondary N) is 1. The van der Waals surface area contributed by atoms with Crippen molar-refractivity contribution in [1.29, 1.82) is 0 Å². The number of hydrogen-bond donors (Lipinski definition) is 1. The van der Waals surface area contributed by atoms with Crippen LogP contribution in [-0.4, -0.2) is 58.9 Å². The lowest BCUT2D eigenvalue weighted by Gasteiger charge is -2.36. The van der Waals surface area contributed by atoms with Crippen molar-refractivity contribution in [3.8, 4) is 0 Å². The predicted molar refractivity (Wildman–Crippen MR) is 85.8 cm³/mol. The molecule has 1 aromatic rings. The summed E-state index contributed by atoms with van der Waals surface area (Å²) >= 11 is 0. The molecule has 128 valence electrons. The number of amides is 1. The molecule has 1 aromatic heterocycles. The van der Waals surface area contributed by atoms with Crippen molar-refractivity contribution in [3.63, 3.8) is 0 Å². The molecule has 3 rings (SSSR count). The summed E-state index contributed by atoms with van der Waals surface area (Å²) in [4.78, 5) is 14.3. The molecule has 0 spiro atoms. The molecule has 2 heterocycles. The number of carbonyl (C=O) groups excluding carboxylic acids is 1. The van der Waals surface area contributed by atoms with Crippen LogP contribution < -0.4 is 5.32 Å². The summed E-state index contributed by atoms with van der Waals surface area (Å²) in [6.45, 7) is 2.21. The molecule has 1 saturated heterocycles.